The molecule has 1 aliphatic heterocycles. The van der Waals surface area contributed by atoms with E-state index in [9.17, 15) is 9.59 Å². The van der Waals surface area contributed by atoms with Crippen molar-refractivity contribution in [1.29, 1.82) is 0 Å². The number of rotatable bonds is 4. The van der Waals surface area contributed by atoms with Crippen LogP contribution in [0.5, 0.6) is 0 Å². The average Bonchev–Trinajstić information content (AvgIpc) is 3.04. The molecule has 1 amide bonds. The maximum Gasteiger partial charge on any atom is 0.223 e. The highest BCUT2D eigenvalue weighted by atomic mass is 16.5. The summed E-state index contributed by atoms with van der Waals surface area (Å²) in [5.41, 5.74) is 0. The molecule has 2 heterocycles. The van der Waals surface area contributed by atoms with E-state index >= 15 is 0 Å². The summed E-state index contributed by atoms with van der Waals surface area (Å²) in [6, 6.07) is -0.0837. The van der Waals surface area contributed by atoms with E-state index in [-0.39, 0.29) is 29.7 Å². The molecule has 130 valence electrons. The molecule has 1 N–H and O–H groups in total. The largest absolute Gasteiger partial charge is 0.377 e. The number of ketones is 1. The molecular formula is C17H24N4O3. The first-order chi connectivity index (χ1) is 11.7. The van der Waals surface area contributed by atoms with Gasteiger partial charge in [0, 0.05) is 31.4 Å². The Balaban J connectivity index is 1.44. The van der Waals surface area contributed by atoms with Crippen molar-refractivity contribution in [2.75, 3.05) is 7.11 Å². The molecule has 7 nitrogen and oxygen atoms in total. The van der Waals surface area contributed by atoms with E-state index < -0.39 is 0 Å². The van der Waals surface area contributed by atoms with Crippen LogP contribution in [-0.2, 0) is 27.5 Å². The number of aromatic nitrogens is 3. The zero-order chi connectivity index (χ0) is 16.7. The SMILES string of the molecule is COCc1nc2n(n1)CCCC2NC(=O)C1CC2CCC(C1)C2=O. The number of nitrogens with one attached hydrogen (secondary N) is 1. The molecule has 2 bridgehead atoms. The number of hydrogen-bond donors (Lipinski definition) is 1. The minimum Gasteiger partial charge on any atom is -0.377 e. The maximum atomic E-state index is 12.7. The van der Waals surface area contributed by atoms with Crippen LogP contribution in [0.3, 0.4) is 0 Å². The zero-order valence-corrected chi connectivity index (χ0v) is 14.0. The van der Waals surface area contributed by atoms with E-state index in [1.54, 1.807) is 7.11 Å². The van der Waals surface area contributed by atoms with Crippen LogP contribution in [-0.4, -0.2) is 33.6 Å². The van der Waals surface area contributed by atoms with Crippen molar-refractivity contribution in [3.63, 3.8) is 0 Å². The number of fused-ring (bicyclic) bond motifs is 3. The molecule has 3 unspecified atom stereocenters. The van der Waals surface area contributed by atoms with Gasteiger partial charge in [-0.2, -0.15) is 5.10 Å². The summed E-state index contributed by atoms with van der Waals surface area (Å²) < 4.78 is 6.99. The third-order valence-electron chi connectivity index (χ3n) is 5.69. The molecule has 2 fully saturated rings. The normalized spacial score (nSPS) is 31.8. The second kappa shape index (κ2) is 6.27. The molecule has 1 aromatic heterocycles. The second-order valence-corrected chi connectivity index (χ2v) is 7.29. The van der Waals surface area contributed by atoms with Gasteiger partial charge in [0.05, 0.1) is 6.04 Å². The molecule has 3 aliphatic rings. The Hall–Kier alpha value is -1.76. The lowest BCUT2D eigenvalue weighted by molar-refractivity contribution is -0.132. The van der Waals surface area contributed by atoms with Crippen molar-refractivity contribution in [3.05, 3.63) is 11.6 Å². The highest BCUT2D eigenvalue weighted by molar-refractivity contribution is 5.89. The number of hydrogen-bond acceptors (Lipinski definition) is 5. The fraction of sp³-hybridized carbons (Fsp3) is 0.765. The highest BCUT2D eigenvalue weighted by Crippen LogP contribution is 2.42. The van der Waals surface area contributed by atoms with Crippen molar-refractivity contribution in [2.45, 2.75) is 57.7 Å². The summed E-state index contributed by atoms with van der Waals surface area (Å²) in [6.45, 7) is 1.22. The Bertz CT molecular complexity index is 640. The lowest BCUT2D eigenvalue weighted by atomic mass is 9.79. The Kier molecular flexibility index (Phi) is 4.12. The Labute approximate surface area is 141 Å². The van der Waals surface area contributed by atoms with Crippen LogP contribution in [0.2, 0.25) is 0 Å². The summed E-state index contributed by atoms with van der Waals surface area (Å²) in [5, 5.41) is 7.61. The van der Waals surface area contributed by atoms with Gasteiger partial charge in [-0.15, -0.1) is 0 Å². The highest BCUT2D eigenvalue weighted by Gasteiger charge is 2.44. The van der Waals surface area contributed by atoms with Gasteiger partial charge in [0.15, 0.2) is 5.82 Å². The molecule has 1 aromatic rings. The number of aryl methyl sites for hydroxylation is 1. The van der Waals surface area contributed by atoms with Gasteiger partial charge >= 0.3 is 0 Å². The second-order valence-electron chi connectivity index (χ2n) is 7.29. The minimum atomic E-state index is -0.0837. The monoisotopic (exact) mass is 332 g/mol. The summed E-state index contributed by atoms with van der Waals surface area (Å²) in [6.07, 6.45) is 5.22. The van der Waals surface area contributed by atoms with Crippen LogP contribution in [0.15, 0.2) is 0 Å². The smallest absolute Gasteiger partial charge is 0.223 e. The van der Waals surface area contributed by atoms with Gasteiger partial charge in [-0.25, -0.2) is 9.67 Å². The van der Waals surface area contributed by atoms with Crippen LogP contribution >= 0.6 is 0 Å². The number of Topliss-reactive ketones (excluding diaryl/α,β-unsaturated/α-hetero) is 1. The van der Waals surface area contributed by atoms with E-state index in [1.807, 2.05) is 4.68 Å². The Morgan fingerprint density at radius 1 is 1.29 bits per heavy atom. The van der Waals surface area contributed by atoms with E-state index in [0.717, 1.165) is 50.9 Å². The Morgan fingerprint density at radius 3 is 2.75 bits per heavy atom. The van der Waals surface area contributed by atoms with Crippen LogP contribution in [0, 0.1) is 17.8 Å². The van der Waals surface area contributed by atoms with Gasteiger partial charge in [-0.3, -0.25) is 9.59 Å². The average molecular weight is 332 g/mol. The number of carbonyl (C=O) groups is 2. The van der Waals surface area contributed by atoms with Gasteiger partial charge in [0.1, 0.15) is 18.2 Å². The van der Waals surface area contributed by atoms with Gasteiger partial charge in [-0.1, -0.05) is 0 Å². The predicted molar refractivity (Wildman–Crippen MR) is 84.8 cm³/mol. The first-order valence-corrected chi connectivity index (χ1v) is 8.92. The number of nitrogens with zero attached hydrogens (tertiary/aromatic N) is 3. The lowest BCUT2D eigenvalue weighted by Gasteiger charge is -2.29. The van der Waals surface area contributed by atoms with E-state index in [1.165, 1.54) is 0 Å². The quantitative estimate of drug-likeness (QED) is 0.900. The van der Waals surface area contributed by atoms with Crippen molar-refractivity contribution >= 4 is 11.7 Å². The van der Waals surface area contributed by atoms with Gasteiger partial charge in [0.2, 0.25) is 5.91 Å². The van der Waals surface area contributed by atoms with Crippen LogP contribution in [0.25, 0.3) is 0 Å². The van der Waals surface area contributed by atoms with Gasteiger partial charge in [-0.05, 0) is 38.5 Å². The maximum absolute atomic E-state index is 12.7. The molecule has 0 aromatic carbocycles. The molecule has 3 atom stereocenters. The van der Waals surface area contributed by atoms with Crippen molar-refractivity contribution in [2.24, 2.45) is 17.8 Å². The topological polar surface area (TPSA) is 86.1 Å². The molecule has 0 spiro atoms. The molecule has 2 saturated carbocycles. The summed E-state index contributed by atoms with van der Waals surface area (Å²) in [4.78, 5) is 29.3. The molecule has 4 rings (SSSR count). The van der Waals surface area contributed by atoms with Gasteiger partial charge in [0.25, 0.3) is 0 Å². The van der Waals surface area contributed by atoms with Crippen LogP contribution in [0.4, 0.5) is 0 Å². The fourth-order valence-electron chi connectivity index (χ4n) is 4.50. The van der Waals surface area contributed by atoms with Gasteiger partial charge < -0.3 is 10.1 Å². The predicted octanol–water partition coefficient (Wildman–Crippen LogP) is 1.38. The first kappa shape index (κ1) is 15.7. The fourth-order valence-corrected chi connectivity index (χ4v) is 4.50. The number of methoxy groups -OCH3 is 1. The molecule has 24 heavy (non-hydrogen) atoms. The number of carbonyl (C=O) groups excluding carboxylic acids is 2. The van der Waals surface area contributed by atoms with E-state index in [0.29, 0.717) is 18.2 Å². The van der Waals surface area contributed by atoms with Crippen LogP contribution in [0.1, 0.15) is 56.2 Å². The summed E-state index contributed by atoms with van der Waals surface area (Å²) in [7, 11) is 1.62. The molecule has 2 aliphatic carbocycles. The number of amides is 1. The third kappa shape index (κ3) is 2.75. The summed E-state index contributed by atoms with van der Waals surface area (Å²) in [5.74, 6) is 2.16. The van der Waals surface area contributed by atoms with Crippen LogP contribution < -0.4 is 5.32 Å². The molecule has 7 heteroatoms. The first-order valence-electron chi connectivity index (χ1n) is 8.92. The third-order valence-corrected chi connectivity index (χ3v) is 5.69. The molecular weight excluding hydrogens is 308 g/mol. The van der Waals surface area contributed by atoms with E-state index in [2.05, 4.69) is 15.4 Å². The van der Waals surface area contributed by atoms with Crippen molar-refractivity contribution in [3.8, 4) is 0 Å². The summed E-state index contributed by atoms with van der Waals surface area (Å²) >= 11 is 0. The minimum absolute atomic E-state index is 0.0306. The zero-order valence-electron chi connectivity index (χ0n) is 14.0. The Morgan fingerprint density at radius 2 is 2.04 bits per heavy atom. The number of ether oxygens (including phenoxy) is 1. The molecule has 0 saturated heterocycles. The standard InChI is InChI=1S/C17H24N4O3/c1-24-9-14-19-16-13(3-2-6-21(16)20-14)18-17(23)12-7-10-4-5-11(8-12)15(10)22/h10-13H,2-9H2,1H3,(H,18,23). The lowest BCUT2D eigenvalue weighted by Crippen LogP contribution is -2.40. The van der Waals surface area contributed by atoms with Crippen molar-refractivity contribution in [1.82, 2.24) is 20.1 Å². The molecule has 0 radical (unpaired) electrons. The van der Waals surface area contributed by atoms with Crippen molar-refractivity contribution < 1.29 is 14.3 Å². The van der Waals surface area contributed by atoms with E-state index in [4.69, 9.17) is 4.74 Å².